The molecule has 104 valence electrons. The molecular weight excluding hydrogens is 253 g/mol. The molecule has 2 aromatic carbocycles. The first-order valence-electron chi connectivity index (χ1n) is 6.93. The first kappa shape index (κ1) is 13.0. The lowest BCUT2D eigenvalue weighted by molar-refractivity contribution is 0.386. The van der Waals surface area contributed by atoms with Crippen LogP contribution in [0, 0.1) is 5.82 Å². The molecular formula is C17H18FNO. The van der Waals surface area contributed by atoms with Gasteiger partial charge in [-0.15, -0.1) is 0 Å². The van der Waals surface area contributed by atoms with Crippen LogP contribution in [0.2, 0.25) is 0 Å². The van der Waals surface area contributed by atoms with E-state index in [-0.39, 0.29) is 11.6 Å². The molecule has 0 amide bonds. The van der Waals surface area contributed by atoms with Crippen LogP contribution in [0.3, 0.4) is 0 Å². The Hall–Kier alpha value is -2.03. The summed E-state index contributed by atoms with van der Waals surface area (Å²) in [6.45, 7) is 0. The van der Waals surface area contributed by atoms with Crippen LogP contribution in [0.1, 0.15) is 17.5 Å². The number of halogens is 1. The summed E-state index contributed by atoms with van der Waals surface area (Å²) in [5, 5.41) is 3.42. The van der Waals surface area contributed by atoms with Crippen molar-refractivity contribution in [2.24, 2.45) is 0 Å². The predicted molar refractivity (Wildman–Crippen MR) is 78.8 cm³/mol. The van der Waals surface area contributed by atoms with Gasteiger partial charge in [0.25, 0.3) is 0 Å². The lowest BCUT2D eigenvalue weighted by Gasteiger charge is -2.26. The Labute approximate surface area is 118 Å². The second-order valence-corrected chi connectivity index (χ2v) is 5.20. The molecule has 3 heteroatoms. The first-order chi connectivity index (χ1) is 9.76. The maximum absolute atomic E-state index is 13.7. The summed E-state index contributed by atoms with van der Waals surface area (Å²) in [4.78, 5) is 0. The number of rotatable bonds is 3. The van der Waals surface area contributed by atoms with Crippen molar-refractivity contribution in [3.63, 3.8) is 0 Å². The number of anilines is 1. The van der Waals surface area contributed by atoms with E-state index in [1.54, 1.807) is 6.07 Å². The van der Waals surface area contributed by atoms with E-state index >= 15 is 0 Å². The number of benzene rings is 2. The summed E-state index contributed by atoms with van der Waals surface area (Å²) in [6.07, 6.45) is 3.14. The van der Waals surface area contributed by atoms with Gasteiger partial charge in [-0.05, 0) is 42.5 Å². The topological polar surface area (TPSA) is 21.3 Å². The normalized spacial score (nSPS) is 17.4. The lowest BCUT2D eigenvalue weighted by Crippen LogP contribution is -2.27. The number of hydrogen-bond acceptors (Lipinski definition) is 2. The molecule has 0 saturated heterocycles. The highest BCUT2D eigenvalue weighted by atomic mass is 19.1. The van der Waals surface area contributed by atoms with E-state index in [1.165, 1.54) is 24.3 Å². The molecule has 2 nitrogen and oxygen atoms in total. The SMILES string of the molecule is COc1ccc(NC2CCc3ccccc3C2)cc1F. The predicted octanol–water partition coefficient (Wildman–Crippen LogP) is 3.80. The molecule has 0 fully saturated rings. The van der Waals surface area contributed by atoms with Gasteiger partial charge >= 0.3 is 0 Å². The van der Waals surface area contributed by atoms with E-state index in [9.17, 15) is 4.39 Å². The Morgan fingerprint density at radius 2 is 1.95 bits per heavy atom. The van der Waals surface area contributed by atoms with Crippen LogP contribution >= 0.6 is 0 Å². The minimum Gasteiger partial charge on any atom is -0.494 e. The Morgan fingerprint density at radius 1 is 1.15 bits per heavy atom. The Balaban J connectivity index is 1.72. The van der Waals surface area contributed by atoms with E-state index < -0.39 is 0 Å². The van der Waals surface area contributed by atoms with E-state index in [1.807, 2.05) is 6.07 Å². The second-order valence-electron chi connectivity index (χ2n) is 5.20. The van der Waals surface area contributed by atoms with Crippen molar-refractivity contribution < 1.29 is 9.13 Å². The highest BCUT2D eigenvalue weighted by Gasteiger charge is 2.18. The quantitative estimate of drug-likeness (QED) is 0.916. The summed E-state index contributed by atoms with van der Waals surface area (Å²) in [6, 6.07) is 13.9. The fraction of sp³-hybridized carbons (Fsp3) is 0.294. The minimum atomic E-state index is -0.325. The number of nitrogens with one attached hydrogen (secondary N) is 1. The summed E-state index contributed by atoms with van der Waals surface area (Å²) in [7, 11) is 1.48. The van der Waals surface area contributed by atoms with Gasteiger partial charge in [0, 0.05) is 17.8 Å². The van der Waals surface area contributed by atoms with Crippen molar-refractivity contribution in [2.45, 2.75) is 25.3 Å². The van der Waals surface area contributed by atoms with Crippen LogP contribution in [0.4, 0.5) is 10.1 Å². The fourth-order valence-electron chi connectivity index (χ4n) is 2.81. The van der Waals surface area contributed by atoms with E-state index in [2.05, 4.69) is 29.6 Å². The van der Waals surface area contributed by atoms with Crippen LogP contribution in [0.5, 0.6) is 5.75 Å². The maximum Gasteiger partial charge on any atom is 0.167 e. The van der Waals surface area contributed by atoms with Gasteiger partial charge < -0.3 is 10.1 Å². The molecule has 3 rings (SSSR count). The number of ether oxygens (including phenoxy) is 1. The molecule has 0 spiro atoms. The van der Waals surface area contributed by atoms with Crippen LogP contribution < -0.4 is 10.1 Å². The van der Waals surface area contributed by atoms with Crippen molar-refractivity contribution >= 4 is 5.69 Å². The van der Waals surface area contributed by atoms with Crippen molar-refractivity contribution in [1.29, 1.82) is 0 Å². The third-order valence-corrected chi connectivity index (χ3v) is 3.87. The monoisotopic (exact) mass is 271 g/mol. The van der Waals surface area contributed by atoms with Gasteiger partial charge in [0.15, 0.2) is 11.6 Å². The van der Waals surface area contributed by atoms with Gasteiger partial charge in [-0.25, -0.2) is 4.39 Å². The zero-order valence-corrected chi connectivity index (χ0v) is 11.5. The van der Waals surface area contributed by atoms with Crippen molar-refractivity contribution in [3.8, 4) is 5.75 Å². The first-order valence-corrected chi connectivity index (χ1v) is 6.93. The number of methoxy groups -OCH3 is 1. The summed E-state index contributed by atoms with van der Waals surface area (Å²) >= 11 is 0. The molecule has 0 aromatic heterocycles. The van der Waals surface area contributed by atoms with Crippen LogP contribution in [-0.2, 0) is 12.8 Å². The van der Waals surface area contributed by atoms with E-state index in [0.717, 1.165) is 24.9 Å². The maximum atomic E-state index is 13.7. The molecule has 1 unspecified atom stereocenters. The summed E-state index contributed by atoms with van der Waals surface area (Å²) in [5.74, 6) is -0.0433. The third-order valence-electron chi connectivity index (χ3n) is 3.87. The Kier molecular flexibility index (Phi) is 3.59. The van der Waals surface area contributed by atoms with E-state index in [0.29, 0.717) is 6.04 Å². The van der Waals surface area contributed by atoms with Gasteiger partial charge in [0.05, 0.1) is 7.11 Å². The largest absolute Gasteiger partial charge is 0.494 e. The smallest absolute Gasteiger partial charge is 0.167 e. The molecule has 0 bridgehead atoms. The Bertz CT molecular complexity index is 612. The van der Waals surface area contributed by atoms with Gasteiger partial charge in [0.2, 0.25) is 0 Å². The molecule has 20 heavy (non-hydrogen) atoms. The molecule has 1 aliphatic rings. The van der Waals surface area contributed by atoms with Crippen molar-refractivity contribution in [2.75, 3.05) is 12.4 Å². The van der Waals surface area contributed by atoms with Gasteiger partial charge in [-0.3, -0.25) is 0 Å². The van der Waals surface area contributed by atoms with Gasteiger partial charge in [0.1, 0.15) is 0 Å². The number of fused-ring (bicyclic) bond motifs is 1. The number of hydrogen-bond donors (Lipinski definition) is 1. The Morgan fingerprint density at radius 3 is 2.70 bits per heavy atom. The molecule has 0 radical (unpaired) electrons. The van der Waals surface area contributed by atoms with Gasteiger partial charge in [-0.1, -0.05) is 24.3 Å². The minimum absolute atomic E-state index is 0.282. The van der Waals surface area contributed by atoms with Crippen molar-refractivity contribution in [1.82, 2.24) is 0 Å². The molecule has 1 aliphatic carbocycles. The van der Waals surface area contributed by atoms with Crippen LogP contribution in [0.15, 0.2) is 42.5 Å². The number of aryl methyl sites for hydroxylation is 1. The highest BCUT2D eigenvalue weighted by Crippen LogP contribution is 2.26. The molecule has 0 saturated carbocycles. The van der Waals surface area contributed by atoms with Crippen LogP contribution in [0.25, 0.3) is 0 Å². The van der Waals surface area contributed by atoms with E-state index in [4.69, 9.17) is 4.74 Å². The average molecular weight is 271 g/mol. The molecule has 1 N–H and O–H groups in total. The molecule has 0 aliphatic heterocycles. The summed E-state index contributed by atoms with van der Waals surface area (Å²) < 4.78 is 18.6. The molecule has 0 heterocycles. The fourth-order valence-corrected chi connectivity index (χ4v) is 2.81. The lowest BCUT2D eigenvalue weighted by atomic mass is 9.88. The zero-order valence-electron chi connectivity index (χ0n) is 11.5. The zero-order chi connectivity index (χ0) is 13.9. The third kappa shape index (κ3) is 2.62. The molecule has 1 atom stereocenters. The van der Waals surface area contributed by atoms with Crippen LogP contribution in [-0.4, -0.2) is 13.2 Å². The second kappa shape index (κ2) is 5.53. The van der Waals surface area contributed by atoms with Gasteiger partial charge in [-0.2, -0.15) is 0 Å². The van der Waals surface area contributed by atoms with Crippen molar-refractivity contribution in [3.05, 3.63) is 59.4 Å². The highest BCUT2D eigenvalue weighted by molar-refractivity contribution is 5.48. The average Bonchev–Trinajstić information content (AvgIpc) is 2.47. The molecule has 2 aromatic rings. The summed E-state index contributed by atoms with van der Waals surface area (Å²) in [5.41, 5.74) is 3.64. The standard InChI is InChI=1S/C17H18FNO/c1-20-17-9-8-15(11-16(17)18)19-14-7-6-12-4-2-3-5-13(12)10-14/h2-5,8-9,11,14,19H,6-7,10H2,1H3.